The zero-order valence-corrected chi connectivity index (χ0v) is 15.8. The molecule has 1 fully saturated rings. The van der Waals surface area contributed by atoms with Crippen LogP contribution in [0.25, 0.3) is 10.1 Å². The fourth-order valence-electron chi connectivity index (χ4n) is 3.72. The Balaban J connectivity index is 1.33. The summed E-state index contributed by atoms with van der Waals surface area (Å²) in [5.74, 6) is 0.298. The molecule has 0 aliphatic carbocycles. The summed E-state index contributed by atoms with van der Waals surface area (Å²) in [5, 5.41) is 6.22. The number of carbonyl (C=O) groups is 2. The molecule has 0 radical (unpaired) electrons. The maximum Gasteiger partial charge on any atom is 0.287 e. The van der Waals surface area contributed by atoms with Crippen molar-refractivity contribution in [3.05, 3.63) is 59.4 Å². The Labute approximate surface area is 162 Å². The summed E-state index contributed by atoms with van der Waals surface area (Å²) in [6.07, 6.45) is 4.57. The number of benzene rings is 1. The van der Waals surface area contributed by atoms with Crippen LogP contribution in [0.15, 0.2) is 52.5 Å². The molecule has 3 heterocycles. The van der Waals surface area contributed by atoms with Gasteiger partial charge in [-0.05, 0) is 59.7 Å². The van der Waals surface area contributed by atoms with Crippen LogP contribution < -0.4 is 5.32 Å². The fraction of sp³-hybridized carbons (Fsp3) is 0.333. The summed E-state index contributed by atoms with van der Waals surface area (Å²) in [4.78, 5) is 26.3. The second kappa shape index (κ2) is 7.96. The number of fused-ring (bicyclic) bond motifs is 1. The van der Waals surface area contributed by atoms with Gasteiger partial charge in [-0.15, -0.1) is 11.3 Å². The normalized spacial score (nSPS) is 17.2. The molecule has 0 spiro atoms. The highest BCUT2D eigenvalue weighted by Crippen LogP contribution is 2.30. The lowest BCUT2D eigenvalue weighted by Gasteiger charge is -2.33. The van der Waals surface area contributed by atoms with E-state index in [-0.39, 0.29) is 24.1 Å². The van der Waals surface area contributed by atoms with Gasteiger partial charge in [0.1, 0.15) is 0 Å². The number of carbonyl (C=O) groups excluding carboxylic acids is 2. The molecule has 5 nitrogen and oxygen atoms in total. The van der Waals surface area contributed by atoms with Crippen LogP contribution >= 0.6 is 11.3 Å². The number of hydrogen-bond donors (Lipinski definition) is 1. The topological polar surface area (TPSA) is 62.6 Å². The van der Waals surface area contributed by atoms with Crippen LogP contribution in [-0.2, 0) is 11.2 Å². The Morgan fingerprint density at radius 2 is 2.11 bits per heavy atom. The van der Waals surface area contributed by atoms with Crippen LogP contribution in [0.5, 0.6) is 0 Å². The van der Waals surface area contributed by atoms with Gasteiger partial charge in [-0.3, -0.25) is 9.59 Å². The largest absolute Gasteiger partial charge is 0.459 e. The van der Waals surface area contributed by atoms with Crippen LogP contribution in [0.2, 0.25) is 0 Å². The molecule has 6 heteroatoms. The van der Waals surface area contributed by atoms with Gasteiger partial charge < -0.3 is 14.6 Å². The van der Waals surface area contributed by atoms with E-state index in [0.29, 0.717) is 5.92 Å². The third-order valence-electron chi connectivity index (χ3n) is 5.09. The number of hydrogen-bond acceptors (Lipinski definition) is 4. The van der Waals surface area contributed by atoms with Gasteiger partial charge in [0, 0.05) is 17.8 Å². The molecule has 1 saturated heterocycles. The van der Waals surface area contributed by atoms with Gasteiger partial charge in [-0.1, -0.05) is 18.2 Å². The average Bonchev–Trinajstić information content (AvgIpc) is 3.37. The van der Waals surface area contributed by atoms with Crippen LogP contribution in [0, 0.1) is 5.92 Å². The predicted octanol–water partition coefficient (Wildman–Crippen LogP) is 3.71. The van der Waals surface area contributed by atoms with Crippen LogP contribution in [0.1, 0.15) is 29.0 Å². The van der Waals surface area contributed by atoms with E-state index < -0.39 is 0 Å². The van der Waals surface area contributed by atoms with Crippen LogP contribution in [0.3, 0.4) is 0 Å². The fourth-order valence-corrected chi connectivity index (χ4v) is 4.70. The van der Waals surface area contributed by atoms with Crippen LogP contribution in [-0.4, -0.2) is 36.3 Å². The number of nitrogens with zero attached hydrogens (tertiary/aromatic N) is 1. The lowest BCUT2D eigenvalue weighted by Crippen LogP contribution is -2.45. The third kappa shape index (κ3) is 4.06. The van der Waals surface area contributed by atoms with E-state index in [1.807, 2.05) is 4.90 Å². The molecule has 2 aromatic heterocycles. The Bertz CT molecular complexity index is 932. The monoisotopic (exact) mass is 382 g/mol. The summed E-state index contributed by atoms with van der Waals surface area (Å²) in [7, 11) is 0. The average molecular weight is 382 g/mol. The Kier molecular flexibility index (Phi) is 5.25. The van der Waals surface area contributed by atoms with Crippen molar-refractivity contribution in [2.45, 2.75) is 19.3 Å². The van der Waals surface area contributed by atoms with Crippen molar-refractivity contribution >= 4 is 33.2 Å². The first-order chi connectivity index (χ1) is 13.2. The Morgan fingerprint density at radius 3 is 2.96 bits per heavy atom. The number of piperidine rings is 1. The molecule has 140 valence electrons. The molecular formula is C21H22N2O3S. The lowest BCUT2D eigenvalue weighted by atomic mass is 9.91. The van der Waals surface area contributed by atoms with E-state index in [0.717, 1.165) is 32.4 Å². The molecule has 0 unspecified atom stereocenters. The molecule has 2 amide bonds. The maximum absolute atomic E-state index is 12.5. The Hall–Kier alpha value is -2.60. The maximum atomic E-state index is 12.5. The number of thiophene rings is 1. The number of nitrogens with one attached hydrogen (secondary N) is 1. The summed E-state index contributed by atoms with van der Waals surface area (Å²) < 4.78 is 6.36. The number of rotatable bonds is 5. The molecule has 1 aromatic carbocycles. The standard InChI is InChI=1S/C21H22N2O3S/c24-20(12-22-21(25)18-7-4-10-26-18)23-9-3-5-15(13-23)11-16-14-27-19-8-2-1-6-17(16)19/h1-2,4,6-8,10,14-15H,3,5,9,11-13H2,(H,22,25)/t15-/m0/s1. The zero-order valence-electron chi connectivity index (χ0n) is 15.0. The quantitative estimate of drug-likeness (QED) is 0.732. The minimum absolute atomic E-state index is 0.00757. The zero-order chi connectivity index (χ0) is 18.6. The van der Waals surface area contributed by atoms with Crippen molar-refractivity contribution in [2.24, 2.45) is 5.92 Å². The van der Waals surface area contributed by atoms with Crippen LogP contribution in [0.4, 0.5) is 0 Å². The van der Waals surface area contributed by atoms with Crippen molar-refractivity contribution in [1.82, 2.24) is 10.2 Å². The summed E-state index contributed by atoms with van der Waals surface area (Å²) >= 11 is 1.78. The second-order valence-corrected chi connectivity index (χ2v) is 7.88. The van der Waals surface area contributed by atoms with E-state index >= 15 is 0 Å². The van der Waals surface area contributed by atoms with Gasteiger partial charge in [-0.2, -0.15) is 0 Å². The Morgan fingerprint density at radius 1 is 1.22 bits per heavy atom. The first kappa shape index (κ1) is 17.8. The molecule has 1 N–H and O–H groups in total. The second-order valence-electron chi connectivity index (χ2n) is 6.97. The molecule has 3 aromatic rings. The first-order valence-corrected chi connectivity index (χ1v) is 10.1. The van der Waals surface area contributed by atoms with Gasteiger partial charge in [0.2, 0.25) is 5.91 Å². The highest BCUT2D eigenvalue weighted by molar-refractivity contribution is 7.17. The first-order valence-electron chi connectivity index (χ1n) is 9.25. The van der Waals surface area contributed by atoms with E-state index in [2.05, 4.69) is 35.0 Å². The predicted molar refractivity (Wildman–Crippen MR) is 106 cm³/mol. The van der Waals surface area contributed by atoms with E-state index in [9.17, 15) is 9.59 Å². The highest BCUT2D eigenvalue weighted by Gasteiger charge is 2.25. The van der Waals surface area contributed by atoms with Crippen molar-refractivity contribution < 1.29 is 14.0 Å². The van der Waals surface area contributed by atoms with Gasteiger partial charge >= 0.3 is 0 Å². The van der Waals surface area contributed by atoms with Crippen molar-refractivity contribution in [1.29, 1.82) is 0 Å². The van der Waals surface area contributed by atoms with Crippen molar-refractivity contribution in [3.63, 3.8) is 0 Å². The summed E-state index contributed by atoms with van der Waals surface area (Å²) in [6, 6.07) is 11.7. The highest BCUT2D eigenvalue weighted by atomic mass is 32.1. The van der Waals surface area contributed by atoms with Gasteiger partial charge in [0.05, 0.1) is 12.8 Å². The number of amides is 2. The van der Waals surface area contributed by atoms with Crippen molar-refractivity contribution in [3.8, 4) is 0 Å². The molecule has 0 saturated carbocycles. The summed E-state index contributed by atoms with van der Waals surface area (Å²) in [5.41, 5.74) is 1.38. The molecule has 27 heavy (non-hydrogen) atoms. The van der Waals surface area contributed by atoms with Gasteiger partial charge in [0.25, 0.3) is 5.91 Å². The third-order valence-corrected chi connectivity index (χ3v) is 6.10. The molecule has 1 aliphatic heterocycles. The molecule has 0 bridgehead atoms. The van der Waals surface area contributed by atoms with E-state index in [4.69, 9.17) is 4.42 Å². The van der Waals surface area contributed by atoms with Crippen molar-refractivity contribution in [2.75, 3.05) is 19.6 Å². The lowest BCUT2D eigenvalue weighted by molar-refractivity contribution is -0.131. The van der Waals surface area contributed by atoms with Gasteiger partial charge in [0.15, 0.2) is 5.76 Å². The number of likely N-dealkylation sites (tertiary alicyclic amines) is 1. The molecular weight excluding hydrogens is 360 g/mol. The number of furan rings is 1. The minimum Gasteiger partial charge on any atom is -0.459 e. The molecule has 4 rings (SSSR count). The smallest absolute Gasteiger partial charge is 0.287 e. The molecule has 1 aliphatic rings. The summed E-state index contributed by atoms with van der Waals surface area (Å²) in [6.45, 7) is 1.52. The van der Waals surface area contributed by atoms with E-state index in [1.165, 1.54) is 21.9 Å². The van der Waals surface area contributed by atoms with Gasteiger partial charge in [-0.25, -0.2) is 0 Å². The van der Waals surface area contributed by atoms with E-state index in [1.54, 1.807) is 23.5 Å². The molecule has 1 atom stereocenters. The SMILES string of the molecule is O=C(NCC(=O)N1CCC[C@@H](Cc2csc3ccccc23)C1)c1ccco1. The minimum atomic E-state index is -0.355.